The lowest BCUT2D eigenvalue weighted by Crippen LogP contribution is -2.35. The van der Waals surface area contributed by atoms with Gasteiger partial charge in [-0.25, -0.2) is 5.01 Å². The van der Waals surface area contributed by atoms with Crippen LogP contribution in [0.2, 0.25) is 0 Å². The van der Waals surface area contributed by atoms with E-state index in [-0.39, 0.29) is 5.57 Å². The van der Waals surface area contributed by atoms with Gasteiger partial charge in [-0.3, -0.25) is 15.0 Å². The molecule has 1 fully saturated rings. The number of benzene rings is 3. The third-order valence-corrected chi connectivity index (χ3v) is 5.63. The van der Waals surface area contributed by atoms with Gasteiger partial charge in [-0.15, -0.1) is 0 Å². The minimum Gasteiger partial charge on any atom is -0.488 e. The summed E-state index contributed by atoms with van der Waals surface area (Å²) in [5.41, 5.74) is 5.04. The molecule has 0 radical (unpaired) electrons. The van der Waals surface area contributed by atoms with Gasteiger partial charge in [0.2, 0.25) is 0 Å². The first kappa shape index (κ1) is 20.4. The van der Waals surface area contributed by atoms with Crippen LogP contribution in [0.5, 0.6) is 5.75 Å². The average Bonchev–Trinajstić information content (AvgIpc) is 3.03. The highest BCUT2D eigenvalue weighted by atomic mass is 79.9. The van der Waals surface area contributed by atoms with Gasteiger partial charge in [-0.05, 0) is 69.5 Å². The van der Waals surface area contributed by atoms with Crippen LogP contribution in [0.1, 0.15) is 11.1 Å². The van der Waals surface area contributed by atoms with Gasteiger partial charge in [-0.1, -0.05) is 52.3 Å². The molecule has 1 aliphatic rings. The topological polar surface area (TPSA) is 58.6 Å². The van der Waals surface area contributed by atoms with Crippen molar-refractivity contribution in [2.45, 2.75) is 6.61 Å². The second kappa shape index (κ2) is 8.85. The van der Waals surface area contributed by atoms with Crippen LogP contribution in [0.25, 0.3) is 6.08 Å². The molecule has 30 heavy (non-hydrogen) atoms. The van der Waals surface area contributed by atoms with Crippen molar-refractivity contribution in [2.75, 3.05) is 5.01 Å². The van der Waals surface area contributed by atoms with Crippen LogP contribution in [0.15, 0.2) is 87.3 Å². The predicted octanol–water partition coefficient (Wildman–Crippen LogP) is 5.25. The van der Waals surface area contributed by atoms with Gasteiger partial charge < -0.3 is 4.74 Å². The molecule has 3 aromatic carbocycles. The minimum atomic E-state index is -0.435. The Morgan fingerprint density at radius 2 is 1.67 bits per heavy atom. The Morgan fingerprint density at radius 1 is 0.933 bits per heavy atom. The van der Waals surface area contributed by atoms with E-state index in [4.69, 9.17) is 4.74 Å². The highest BCUT2D eigenvalue weighted by molar-refractivity contribution is 9.10. The number of anilines is 1. The monoisotopic (exact) mass is 526 g/mol. The lowest BCUT2D eigenvalue weighted by Gasteiger charge is -2.13. The molecule has 0 aromatic heterocycles. The van der Waals surface area contributed by atoms with Crippen molar-refractivity contribution in [1.82, 2.24) is 5.43 Å². The van der Waals surface area contributed by atoms with Crippen molar-refractivity contribution < 1.29 is 14.3 Å². The third-order valence-electron chi connectivity index (χ3n) is 4.48. The first-order valence-corrected chi connectivity index (χ1v) is 10.7. The van der Waals surface area contributed by atoms with Crippen LogP contribution in [-0.4, -0.2) is 11.8 Å². The Labute approximate surface area is 190 Å². The smallest absolute Gasteiger partial charge is 0.282 e. The summed E-state index contributed by atoms with van der Waals surface area (Å²) in [5, 5.41) is 1.25. The Balaban J connectivity index is 1.50. The van der Waals surface area contributed by atoms with Gasteiger partial charge in [0, 0.05) is 4.47 Å². The van der Waals surface area contributed by atoms with Gasteiger partial charge in [0.05, 0.1) is 10.2 Å². The second-order valence-electron chi connectivity index (χ2n) is 6.58. The Hall–Kier alpha value is -2.90. The van der Waals surface area contributed by atoms with Crippen molar-refractivity contribution in [3.8, 4) is 5.75 Å². The van der Waals surface area contributed by atoms with E-state index >= 15 is 0 Å². The number of carbonyl (C=O) groups is 2. The van der Waals surface area contributed by atoms with Crippen LogP contribution in [0.4, 0.5) is 5.69 Å². The largest absolute Gasteiger partial charge is 0.488 e. The Bertz CT molecular complexity index is 1130. The van der Waals surface area contributed by atoms with E-state index in [1.54, 1.807) is 36.4 Å². The molecule has 0 spiro atoms. The summed E-state index contributed by atoms with van der Waals surface area (Å²) in [7, 11) is 0. The molecule has 150 valence electrons. The molecule has 3 aromatic rings. The molecule has 0 unspecified atom stereocenters. The zero-order valence-corrected chi connectivity index (χ0v) is 18.8. The predicted molar refractivity (Wildman–Crippen MR) is 123 cm³/mol. The second-order valence-corrected chi connectivity index (χ2v) is 8.35. The van der Waals surface area contributed by atoms with Crippen LogP contribution < -0.4 is 15.2 Å². The summed E-state index contributed by atoms with van der Waals surface area (Å²) < 4.78 is 7.62. The van der Waals surface area contributed by atoms with E-state index in [0.29, 0.717) is 23.6 Å². The molecule has 4 rings (SSSR count). The van der Waals surface area contributed by atoms with E-state index in [0.717, 1.165) is 14.5 Å². The van der Waals surface area contributed by atoms with Crippen molar-refractivity contribution in [3.05, 3.63) is 98.4 Å². The molecule has 2 amide bonds. The molecule has 1 saturated heterocycles. The van der Waals surface area contributed by atoms with E-state index in [1.165, 1.54) is 5.01 Å². The Morgan fingerprint density at radius 3 is 2.37 bits per heavy atom. The Kier molecular flexibility index (Phi) is 6.01. The molecular formula is C23H16Br2N2O3. The standard InChI is InChI=1S/C23H16Br2N2O3/c24-17-9-6-15(7-10-17)14-30-21-11-8-16(13-20(21)25)12-19-22(28)26-27(23(19)29)18-4-2-1-3-5-18/h1-13H,14H2,(H,26,28)/b19-12-. The average molecular weight is 528 g/mol. The van der Waals surface area contributed by atoms with Gasteiger partial charge in [-0.2, -0.15) is 0 Å². The molecule has 0 saturated carbocycles. The number of ether oxygens (including phenoxy) is 1. The summed E-state index contributed by atoms with van der Waals surface area (Å²) in [6.45, 7) is 0.430. The number of rotatable bonds is 5. The normalized spacial score (nSPS) is 14.9. The van der Waals surface area contributed by atoms with Gasteiger partial charge in [0.15, 0.2) is 0 Å². The summed E-state index contributed by atoms with van der Waals surface area (Å²) >= 11 is 6.92. The number of hydrogen-bond donors (Lipinski definition) is 1. The zero-order chi connectivity index (χ0) is 21.1. The molecule has 5 nitrogen and oxygen atoms in total. The minimum absolute atomic E-state index is 0.0780. The lowest BCUT2D eigenvalue weighted by molar-refractivity contribution is -0.117. The zero-order valence-electron chi connectivity index (χ0n) is 15.6. The quantitative estimate of drug-likeness (QED) is 0.364. The summed E-state index contributed by atoms with van der Waals surface area (Å²) in [6.07, 6.45) is 1.57. The fourth-order valence-corrected chi connectivity index (χ4v) is 3.72. The number of para-hydroxylation sites is 1. The first-order valence-electron chi connectivity index (χ1n) is 9.10. The molecule has 1 N–H and O–H groups in total. The molecule has 7 heteroatoms. The van der Waals surface area contributed by atoms with E-state index in [2.05, 4.69) is 37.3 Å². The van der Waals surface area contributed by atoms with Crippen molar-refractivity contribution >= 4 is 55.4 Å². The number of hydrogen-bond acceptors (Lipinski definition) is 3. The van der Waals surface area contributed by atoms with Crippen molar-refractivity contribution in [1.29, 1.82) is 0 Å². The first-order chi connectivity index (χ1) is 14.5. The molecule has 1 heterocycles. The van der Waals surface area contributed by atoms with E-state index in [9.17, 15) is 9.59 Å². The highest BCUT2D eigenvalue weighted by Gasteiger charge is 2.34. The van der Waals surface area contributed by atoms with Gasteiger partial charge >= 0.3 is 0 Å². The molecular weight excluding hydrogens is 512 g/mol. The third kappa shape index (κ3) is 4.47. The SMILES string of the molecule is O=C1NN(c2ccccc2)C(=O)/C1=C\c1ccc(OCc2ccc(Br)cc2)c(Br)c1. The number of amides is 2. The van der Waals surface area contributed by atoms with Crippen LogP contribution in [0.3, 0.4) is 0 Å². The molecule has 0 bridgehead atoms. The van der Waals surface area contributed by atoms with Gasteiger partial charge in [0.25, 0.3) is 11.8 Å². The number of nitrogens with zero attached hydrogens (tertiary/aromatic N) is 1. The summed E-state index contributed by atoms with van der Waals surface area (Å²) in [6, 6.07) is 22.3. The number of carbonyl (C=O) groups excluding carboxylic acids is 2. The van der Waals surface area contributed by atoms with Crippen molar-refractivity contribution in [2.24, 2.45) is 0 Å². The van der Waals surface area contributed by atoms with E-state index < -0.39 is 11.8 Å². The fraction of sp³-hybridized carbons (Fsp3) is 0.0435. The number of nitrogens with one attached hydrogen (secondary N) is 1. The number of halogens is 2. The fourth-order valence-electron chi connectivity index (χ4n) is 2.95. The van der Waals surface area contributed by atoms with Crippen molar-refractivity contribution in [3.63, 3.8) is 0 Å². The highest BCUT2D eigenvalue weighted by Crippen LogP contribution is 2.29. The molecule has 1 aliphatic heterocycles. The number of hydrazine groups is 1. The summed E-state index contributed by atoms with van der Waals surface area (Å²) in [4.78, 5) is 25.0. The van der Waals surface area contributed by atoms with Crippen LogP contribution in [0, 0.1) is 0 Å². The maximum absolute atomic E-state index is 12.7. The lowest BCUT2D eigenvalue weighted by atomic mass is 10.1. The van der Waals surface area contributed by atoms with E-state index in [1.807, 2.05) is 42.5 Å². The molecule has 0 atom stereocenters. The summed E-state index contributed by atoms with van der Waals surface area (Å²) in [5.74, 6) is -0.151. The van der Waals surface area contributed by atoms with Gasteiger partial charge in [0.1, 0.15) is 17.9 Å². The maximum Gasteiger partial charge on any atom is 0.282 e. The van der Waals surface area contributed by atoms with Crippen LogP contribution >= 0.6 is 31.9 Å². The van der Waals surface area contributed by atoms with Crippen LogP contribution in [-0.2, 0) is 16.2 Å². The maximum atomic E-state index is 12.7. The molecule has 0 aliphatic carbocycles.